The van der Waals surface area contributed by atoms with Gasteiger partial charge in [0.15, 0.2) is 0 Å². The van der Waals surface area contributed by atoms with Gasteiger partial charge in [0.05, 0.1) is 12.1 Å². The van der Waals surface area contributed by atoms with Gasteiger partial charge < -0.3 is 26.0 Å². The molecule has 7 nitrogen and oxygen atoms in total. The van der Waals surface area contributed by atoms with E-state index in [1.165, 1.54) is 0 Å². The van der Waals surface area contributed by atoms with Crippen LogP contribution in [0.4, 0.5) is 4.79 Å². The highest BCUT2D eigenvalue weighted by molar-refractivity contribution is 5.82. The van der Waals surface area contributed by atoms with Crippen LogP contribution in [0, 0.1) is 0 Å². The number of nitrogens with one attached hydrogen (secondary N) is 2. The van der Waals surface area contributed by atoms with Crippen molar-refractivity contribution in [2.75, 3.05) is 6.61 Å². The third kappa shape index (κ3) is 4.50. The molecule has 0 aromatic heterocycles. The van der Waals surface area contributed by atoms with Crippen molar-refractivity contribution < 1.29 is 24.9 Å². The van der Waals surface area contributed by atoms with E-state index in [0.717, 1.165) is 12.8 Å². The molecule has 5 N–H and O–H groups in total. The molecule has 2 amide bonds. The summed E-state index contributed by atoms with van der Waals surface area (Å²) in [5, 5.41) is 32.0. The molecule has 0 aromatic rings. The first-order chi connectivity index (χ1) is 8.54. The molecule has 1 fully saturated rings. The van der Waals surface area contributed by atoms with Crippen LogP contribution >= 0.6 is 0 Å². The number of aliphatic hydroxyl groups excluding tert-OH is 2. The number of carbonyl (C=O) groups is 2. The Morgan fingerprint density at radius 2 is 1.94 bits per heavy atom. The first-order valence-corrected chi connectivity index (χ1v) is 6.13. The van der Waals surface area contributed by atoms with Crippen LogP contribution in [0.3, 0.4) is 0 Å². The molecule has 1 aliphatic rings. The predicted octanol–water partition coefficient (Wildman–Crippen LogP) is -0.575. The summed E-state index contributed by atoms with van der Waals surface area (Å²) in [4.78, 5) is 22.3. The van der Waals surface area contributed by atoms with Crippen LogP contribution in [-0.4, -0.2) is 52.1 Å². The summed E-state index contributed by atoms with van der Waals surface area (Å²) in [5.41, 5.74) is 0. The maximum absolute atomic E-state index is 11.6. The van der Waals surface area contributed by atoms with E-state index in [1.54, 1.807) is 0 Å². The number of carboxylic acid groups (broad SMARTS) is 1. The molecule has 2 unspecified atom stereocenters. The summed E-state index contributed by atoms with van der Waals surface area (Å²) in [6, 6.07) is -2.07. The van der Waals surface area contributed by atoms with Gasteiger partial charge in [-0.05, 0) is 12.8 Å². The SMILES string of the molecule is O=C(NC1CCCCC1O)N[C@@H](CCO)C(=O)O. The van der Waals surface area contributed by atoms with Crippen LogP contribution < -0.4 is 10.6 Å². The first-order valence-electron chi connectivity index (χ1n) is 6.13. The van der Waals surface area contributed by atoms with Gasteiger partial charge in [-0.15, -0.1) is 0 Å². The van der Waals surface area contributed by atoms with Gasteiger partial charge in [-0.1, -0.05) is 12.8 Å². The van der Waals surface area contributed by atoms with Crippen LogP contribution in [-0.2, 0) is 4.79 Å². The van der Waals surface area contributed by atoms with Gasteiger partial charge in [0, 0.05) is 13.0 Å². The molecule has 104 valence electrons. The zero-order valence-corrected chi connectivity index (χ0v) is 10.1. The highest BCUT2D eigenvalue weighted by Gasteiger charge is 2.26. The zero-order chi connectivity index (χ0) is 13.5. The van der Waals surface area contributed by atoms with E-state index in [1.807, 2.05) is 0 Å². The van der Waals surface area contributed by atoms with Gasteiger partial charge in [-0.3, -0.25) is 0 Å². The van der Waals surface area contributed by atoms with E-state index in [-0.39, 0.29) is 19.1 Å². The summed E-state index contributed by atoms with van der Waals surface area (Å²) in [6.07, 6.45) is 2.57. The Kier molecular flexibility index (Phi) is 5.87. The molecule has 1 rings (SSSR count). The van der Waals surface area contributed by atoms with Gasteiger partial charge in [-0.25, -0.2) is 9.59 Å². The zero-order valence-electron chi connectivity index (χ0n) is 10.1. The number of aliphatic hydroxyl groups is 2. The van der Waals surface area contributed by atoms with Crippen molar-refractivity contribution in [1.29, 1.82) is 0 Å². The Bertz CT molecular complexity index is 297. The second-order valence-corrected chi connectivity index (χ2v) is 4.48. The van der Waals surface area contributed by atoms with E-state index in [2.05, 4.69) is 10.6 Å². The number of carbonyl (C=O) groups excluding carboxylic acids is 1. The second kappa shape index (κ2) is 7.17. The standard InChI is InChI=1S/C11H20N2O5/c14-6-5-8(10(16)17)13-11(18)12-7-3-1-2-4-9(7)15/h7-9,14-15H,1-6H2,(H,16,17)(H2,12,13,18)/t7?,8-,9?/m0/s1. The molecule has 0 radical (unpaired) electrons. The fraction of sp³-hybridized carbons (Fsp3) is 0.818. The molecule has 0 spiro atoms. The van der Waals surface area contributed by atoms with Gasteiger partial charge >= 0.3 is 12.0 Å². The number of amides is 2. The minimum Gasteiger partial charge on any atom is -0.480 e. The monoisotopic (exact) mass is 260 g/mol. The van der Waals surface area contributed by atoms with Crippen molar-refractivity contribution in [3.8, 4) is 0 Å². The maximum atomic E-state index is 11.6. The Balaban J connectivity index is 2.41. The molecular weight excluding hydrogens is 240 g/mol. The number of urea groups is 1. The molecule has 0 aliphatic heterocycles. The van der Waals surface area contributed by atoms with Crippen LogP contribution in [0.25, 0.3) is 0 Å². The quantitative estimate of drug-likeness (QED) is 0.453. The molecule has 1 aliphatic carbocycles. The average molecular weight is 260 g/mol. The van der Waals surface area contributed by atoms with E-state index >= 15 is 0 Å². The van der Waals surface area contributed by atoms with Crippen molar-refractivity contribution in [2.24, 2.45) is 0 Å². The third-order valence-electron chi connectivity index (χ3n) is 3.07. The smallest absolute Gasteiger partial charge is 0.326 e. The fourth-order valence-corrected chi connectivity index (χ4v) is 2.03. The summed E-state index contributed by atoms with van der Waals surface area (Å²) in [7, 11) is 0. The van der Waals surface area contributed by atoms with E-state index in [4.69, 9.17) is 10.2 Å². The normalized spacial score (nSPS) is 25.2. The molecule has 0 aromatic carbocycles. The average Bonchev–Trinajstić information content (AvgIpc) is 2.31. The van der Waals surface area contributed by atoms with Crippen LogP contribution in [0.1, 0.15) is 32.1 Å². The second-order valence-electron chi connectivity index (χ2n) is 4.48. The van der Waals surface area contributed by atoms with E-state index in [0.29, 0.717) is 12.8 Å². The number of hydrogen-bond donors (Lipinski definition) is 5. The highest BCUT2D eigenvalue weighted by Crippen LogP contribution is 2.18. The maximum Gasteiger partial charge on any atom is 0.326 e. The van der Waals surface area contributed by atoms with Gasteiger partial charge in [0.25, 0.3) is 0 Å². The number of carboxylic acids is 1. The van der Waals surface area contributed by atoms with Crippen LogP contribution in [0.15, 0.2) is 0 Å². The number of aliphatic carboxylic acids is 1. The van der Waals surface area contributed by atoms with Crippen LogP contribution in [0.2, 0.25) is 0 Å². The van der Waals surface area contributed by atoms with Crippen molar-refractivity contribution in [3.05, 3.63) is 0 Å². The first kappa shape index (κ1) is 14.7. The fourth-order valence-electron chi connectivity index (χ4n) is 2.03. The van der Waals surface area contributed by atoms with Crippen LogP contribution in [0.5, 0.6) is 0 Å². The molecule has 0 heterocycles. The molecule has 0 saturated heterocycles. The minimum atomic E-state index is -1.19. The molecule has 3 atom stereocenters. The minimum absolute atomic E-state index is 0.0457. The van der Waals surface area contributed by atoms with Crippen molar-refractivity contribution >= 4 is 12.0 Å². The van der Waals surface area contributed by atoms with Gasteiger partial charge in [0.1, 0.15) is 6.04 Å². The number of hydrogen-bond acceptors (Lipinski definition) is 4. The largest absolute Gasteiger partial charge is 0.480 e. The van der Waals surface area contributed by atoms with E-state index < -0.39 is 24.1 Å². The van der Waals surface area contributed by atoms with Gasteiger partial charge in [-0.2, -0.15) is 0 Å². The lowest BCUT2D eigenvalue weighted by Crippen LogP contribution is -2.52. The predicted molar refractivity (Wildman–Crippen MR) is 63.1 cm³/mol. The lowest BCUT2D eigenvalue weighted by molar-refractivity contribution is -0.139. The summed E-state index contributed by atoms with van der Waals surface area (Å²) in [5.74, 6) is -1.19. The van der Waals surface area contributed by atoms with Crippen molar-refractivity contribution in [3.63, 3.8) is 0 Å². The Labute approximate surface area is 105 Å². The lowest BCUT2D eigenvalue weighted by atomic mass is 9.93. The highest BCUT2D eigenvalue weighted by atomic mass is 16.4. The molecule has 18 heavy (non-hydrogen) atoms. The van der Waals surface area contributed by atoms with E-state index in [9.17, 15) is 14.7 Å². The molecular formula is C11H20N2O5. The Morgan fingerprint density at radius 3 is 2.50 bits per heavy atom. The van der Waals surface area contributed by atoms with Crippen molar-refractivity contribution in [2.45, 2.75) is 50.3 Å². The summed E-state index contributed by atoms with van der Waals surface area (Å²) < 4.78 is 0. The number of rotatable bonds is 5. The summed E-state index contributed by atoms with van der Waals surface area (Å²) >= 11 is 0. The molecule has 0 bridgehead atoms. The summed E-state index contributed by atoms with van der Waals surface area (Å²) in [6.45, 7) is -0.316. The molecule has 1 saturated carbocycles. The van der Waals surface area contributed by atoms with Gasteiger partial charge in [0.2, 0.25) is 0 Å². The topological polar surface area (TPSA) is 119 Å². The Morgan fingerprint density at radius 1 is 1.28 bits per heavy atom. The Hall–Kier alpha value is -1.34. The lowest BCUT2D eigenvalue weighted by Gasteiger charge is -2.28. The van der Waals surface area contributed by atoms with Crippen molar-refractivity contribution in [1.82, 2.24) is 10.6 Å². The third-order valence-corrected chi connectivity index (χ3v) is 3.07. The molecule has 7 heteroatoms.